The Morgan fingerprint density at radius 3 is 2.59 bits per heavy atom. The predicted octanol–water partition coefficient (Wildman–Crippen LogP) is 4.12. The third-order valence-corrected chi connectivity index (χ3v) is 6.26. The van der Waals surface area contributed by atoms with Gasteiger partial charge < -0.3 is 20.0 Å². The van der Waals surface area contributed by atoms with E-state index in [0.717, 1.165) is 11.1 Å². The van der Waals surface area contributed by atoms with E-state index in [9.17, 15) is 19.5 Å². The van der Waals surface area contributed by atoms with Crippen molar-refractivity contribution in [2.24, 2.45) is 0 Å². The van der Waals surface area contributed by atoms with Crippen LogP contribution >= 0.6 is 23.2 Å². The number of aliphatic carboxylic acids is 1. The molecule has 0 bridgehead atoms. The second-order valence-electron chi connectivity index (χ2n) is 7.88. The van der Waals surface area contributed by atoms with Crippen LogP contribution in [0.4, 0.5) is 0 Å². The highest BCUT2D eigenvalue weighted by Crippen LogP contribution is 2.26. The molecular weight excluding hydrogens is 455 g/mol. The van der Waals surface area contributed by atoms with E-state index in [2.05, 4.69) is 0 Å². The maximum Gasteiger partial charge on any atom is 0.331 e. The molecule has 32 heavy (non-hydrogen) atoms. The zero-order valence-corrected chi connectivity index (χ0v) is 19.1. The maximum absolute atomic E-state index is 12.9. The number of aliphatic hydroxyl groups is 1. The fraction of sp³-hybridized carbons (Fsp3) is 0.348. The van der Waals surface area contributed by atoms with Crippen LogP contribution in [0.3, 0.4) is 0 Å². The Morgan fingerprint density at radius 2 is 1.91 bits per heavy atom. The molecule has 0 saturated carbocycles. The van der Waals surface area contributed by atoms with Gasteiger partial charge in [0.1, 0.15) is 0 Å². The summed E-state index contributed by atoms with van der Waals surface area (Å²) in [5.41, 5.74) is 2.20. The fourth-order valence-corrected chi connectivity index (χ4v) is 4.11. The van der Waals surface area contributed by atoms with Crippen molar-refractivity contribution in [3.8, 4) is 0 Å². The number of amides is 2. The van der Waals surface area contributed by atoms with E-state index in [0.29, 0.717) is 41.3 Å². The van der Waals surface area contributed by atoms with Crippen LogP contribution < -0.4 is 0 Å². The molecule has 1 heterocycles. The van der Waals surface area contributed by atoms with Crippen molar-refractivity contribution in [3.63, 3.8) is 0 Å². The molecule has 0 radical (unpaired) electrons. The van der Waals surface area contributed by atoms with E-state index in [1.807, 2.05) is 6.08 Å². The molecule has 1 aromatic rings. The van der Waals surface area contributed by atoms with Crippen molar-refractivity contribution < 1.29 is 24.6 Å². The number of rotatable bonds is 6. The molecule has 0 saturated heterocycles. The van der Waals surface area contributed by atoms with Gasteiger partial charge in [0.15, 0.2) is 5.76 Å². The van der Waals surface area contributed by atoms with E-state index in [1.54, 1.807) is 31.3 Å². The van der Waals surface area contributed by atoms with Crippen LogP contribution in [-0.4, -0.2) is 57.9 Å². The zero-order chi connectivity index (χ0) is 23.4. The average molecular weight is 479 g/mol. The van der Waals surface area contributed by atoms with E-state index < -0.39 is 23.5 Å². The van der Waals surface area contributed by atoms with Crippen LogP contribution in [0.2, 0.25) is 10.0 Å². The number of nitrogens with zero attached hydrogens (tertiary/aromatic N) is 2. The third-order valence-electron chi connectivity index (χ3n) is 5.52. The third kappa shape index (κ3) is 5.53. The van der Waals surface area contributed by atoms with Crippen molar-refractivity contribution in [1.29, 1.82) is 0 Å². The quantitative estimate of drug-likeness (QED) is 0.599. The SMILES string of the molecule is CN(Cc1ccc(Cl)c(Cl)c1)C(=O)C1=C(O)C(=O)N(C/C2=C/C/C=C(/C(=O)O)CCC2)C1. The number of aliphatic hydroxyl groups excluding tert-OH is 1. The standard InChI is InChI=1S/C23H24Cl2N2O5/c1-26(11-15-8-9-18(24)19(25)10-15)21(29)17-13-27(22(30)20(17)28)12-14-4-2-6-16(23(31)32)7-3-5-14/h4,6,8-10,28H,2-3,5,7,11-13H2,1H3,(H,31,32)/b14-4+,16-6+. The van der Waals surface area contributed by atoms with Gasteiger partial charge >= 0.3 is 5.97 Å². The minimum absolute atomic E-state index is 0.0166. The summed E-state index contributed by atoms with van der Waals surface area (Å²) in [6.07, 6.45) is 5.82. The second kappa shape index (κ2) is 10.2. The number of carboxylic acids is 1. The molecule has 170 valence electrons. The van der Waals surface area contributed by atoms with Crippen molar-refractivity contribution in [1.82, 2.24) is 9.80 Å². The highest BCUT2D eigenvalue weighted by atomic mass is 35.5. The molecule has 9 heteroatoms. The molecule has 0 unspecified atom stereocenters. The number of carboxylic acid groups (broad SMARTS) is 1. The van der Waals surface area contributed by atoms with Crippen LogP contribution in [0.25, 0.3) is 0 Å². The highest BCUT2D eigenvalue weighted by molar-refractivity contribution is 6.42. The molecule has 0 fully saturated rings. The van der Waals surface area contributed by atoms with Gasteiger partial charge in [-0.2, -0.15) is 0 Å². The number of hydrogen-bond acceptors (Lipinski definition) is 4. The lowest BCUT2D eigenvalue weighted by molar-refractivity contribution is -0.133. The van der Waals surface area contributed by atoms with Crippen LogP contribution in [0.5, 0.6) is 0 Å². The Labute approximate surface area is 196 Å². The molecule has 1 aliphatic carbocycles. The van der Waals surface area contributed by atoms with Crippen molar-refractivity contribution in [2.75, 3.05) is 20.1 Å². The molecule has 3 rings (SSSR count). The lowest BCUT2D eigenvalue weighted by atomic mass is 9.99. The van der Waals surface area contributed by atoms with E-state index in [4.69, 9.17) is 28.3 Å². The summed E-state index contributed by atoms with van der Waals surface area (Å²) >= 11 is 12.0. The maximum atomic E-state index is 12.9. The normalized spacial score (nSPS) is 20.2. The van der Waals surface area contributed by atoms with Gasteiger partial charge in [-0.3, -0.25) is 9.59 Å². The summed E-state index contributed by atoms with van der Waals surface area (Å²) in [5.74, 6) is -2.46. The van der Waals surface area contributed by atoms with E-state index in [1.165, 1.54) is 9.80 Å². The second-order valence-corrected chi connectivity index (χ2v) is 8.70. The number of likely N-dealkylation sites (N-methyl/N-ethyl adjacent to an activating group) is 1. The molecule has 2 N–H and O–H groups in total. The van der Waals surface area contributed by atoms with Gasteiger partial charge in [0.25, 0.3) is 11.8 Å². The summed E-state index contributed by atoms with van der Waals surface area (Å²) in [6.45, 7) is 0.541. The largest absolute Gasteiger partial charge is 0.503 e. The van der Waals surface area contributed by atoms with Gasteiger partial charge in [-0.1, -0.05) is 47.0 Å². The molecule has 7 nitrogen and oxygen atoms in total. The number of benzene rings is 1. The Bertz CT molecular complexity index is 1040. The van der Waals surface area contributed by atoms with Crippen LogP contribution in [0.1, 0.15) is 31.2 Å². The first kappa shape index (κ1) is 23.9. The highest BCUT2D eigenvalue weighted by Gasteiger charge is 2.35. The minimum atomic E-state index is -0.904. The van der Waals surface area contributed by atoms with E-state index >= 15 is 0 Å². The molecular formula is C23H24Cl2N2O5. The molecule has 0 aromatic heterocycles. The van der Waals surface area contributed by atoms with Gasteiger partial charge in [0.2, 0.25) is 0 Å². The summed E-state index contributed by atoms with van der Waals surface area (Å²) < 4.78 is 0. The Hall–Kier alpha value is -2.77. The van der Waals surface area contributed by atoms with E-state index in [-0.39, 0.29) is 25.2 Å². The van der Waals surface area contributed by atoms with Crippen LogP contribution in [0, 0.1) is 0 Å². The predicted molar refractivity (Wildman–Crippen MR) is 121 cm³/mol. The number of hydrogen-bond donors (Lipinski definition) is 2. The number of halogens is 2. The average Bonchev–Trinajstić information content (AvgIpc) is 3.00. The number of allylic oxidation sites excluding steroid dienone is 2. The Kier molecular flexibility index (Phi) is 7.64. The summed E-state index contributed by atoms with van der Waals surface area (Å²) in [6, 6.07) is 5.06. The van der Waals surface area contributed by atoms with Crippen LogP contribution in [-0.2, 0) is 20.9 Å². The van der Waals surface area contributed by atoms with Gasteiger partial charge in [-0.15, -0.1) is 0 Å². The molecule has 0 atom stereocenters. The zero-order valence-electron chi connectivity index (χ0n) is 17.6. The fourth-order valence-electron chi connectivity index (χ4n) is 3.79. The Balaban J connectivity index is 1.65. The monoisotopic (exact) mass is 478 g/mol. The smallest absolute Gasteiger partial charge is 0.331 e. The first-order valence-electron chi connectivity index (χ1n) is 10.2. The summed E-state index contributed by atoms with van der Waals surface area (Å²) in [7, 11) is 1.59. The Morgan fingerprint density at radius 1 is 1.16 bits per heavy atom. The lowest BCUT2D eigenvalue weighted by Gasteiger charge is -2.21. The molecule has 1 aromatic carbocycles. The molecule has 2 aliphatic rings. The van der Waals surface area contributed by atoms with Crippen molar-refractivity contribution >= 4 is 41.0 Å². The lowest BCUT2D eigenvalue weighted by Crippen LogP contribution is -2.32. The van der Waals surface area contributed by atoms with Gasteiger partial charge in [-0.25, -0.2) is 4.79 Å². The van der Waals surface area contributed by atoms with Gasteiger partial charge in [-0.05, 0) is 43.4 Å². The molecule has 1 aliphatic heterocycles. The molecule has 0 spiro atoms. The number of carbonyl (C=O) groups excluding carboxylic acids is 2. The summed E-state index contributed by atoms with van der Waals surface area (Å²) in [5, 5.41) is 20.3. The van der Waals surface area contributed by atoms with Gasteiger partial charge in [0.05, 0.1) is 22.2 Å². The van der Waals surface area contributed by atoms with Crippen molar-refractivity contribution in [2.45, 2.75) is 32.2 Å². The first-order chi connectivity index (χ1) is 15.2. The van der Waals surface area contributed by atoms with Crippen molar-refractivity contribution in [3.05, 3.63) is 68.4 Å². The summed E-state index contributed by atoms with van der Waals surface area (Å²) in [4.78, 5) is 39.4. The molecule has 2 amide bonds. The number of carbonyl (C=O) groups is 3. The topological polar surface area (TPSA) is 98.2 Å². The van der Waals surface area contributed by atoms with Gasteiger partial charge in [0, 0.05) is 25.7 Å². The van der Waals surface area contributed by atoms with Crippen LogP contribution in [0.15, 0.2) is 52.8 Å². The minimum Gasteiger partial charge on any atom is -0.503 e. The first-order valence-corrected chi connectivity index (χ1v) is 10.9.